The molecule has 9 heteroatoms. The number of benzene rings is 1. The zero-order valence-corrected chi connectivity index (χ0v) is 21.9. The molecule has 1 aromatic carbocycles. The summed E-state index contributed by atoms with van der Waals surface area (Å²) < 4.78 is 20.7. The molecule has 200 valence electrons. The van der Waals surface area contributed by atoms with E-state index < -0.39 is 23.8 Å². The van der Waals surface area contributed by atoms with Crippen molar-refractivity contribution in [3.05, 3.63) is 48.0 Å². The molecule has 8 nitrogen and oxygen atoms in total. The van der Waals surface area contributed by atoms with Crippen LogP contribution in [0.4, 0.5) is 9.18 Å². The molecule has 1 aromatic heterocycles. The van der Waals surface area contributed by atoms with Gasteiger partial charge in [-0.05, 0) is 82.2 Å². The summed E-state index contributed by atoms with van der Waals surface area (Å²) in [4.78, 5) is 30.2. The molecule has 0 bridgehead atoms. The van der Waals surface area contributed by atoms with Crippen molar-refractivity contribution >= 4 is 12.0 Å². The predicted molar refractivity (Wildman–Crippen MR) is 136 cm³/mol. The molecule has 3 aliphatic rings. The Morgan fingerprint density at radius 2 is 1.81 bits per heavy atom. The first-order valence-electron chi connectivity index (χ1n) is 13.3. The minimum atomic E-state index is -0.714. The number of aliphatic hydroxyl groups excluding tert-OH is 1. The lowest BCUT2D eigenvalue weighted by atomic mass is 9.61. The average molecular weight is 513 g/mol. The van der Waals surface area contributed by atoms with Crippen molar-refractivity contribution in [3.63, 3.8) is 0 Å². The van der Waals surface area contributed by atoms with Crippen LogP contribution in [0.2, 0.25) is 0 Å². The lowest BCUT2D eigenvalue weighted by Gasteiger charge is -2.54. The molecule has 1 N–H and O–H groups in total. The van der Waals surface area contributed by atoms with Gasteiger partial charge in [-0.3, -0.25) is 9.69 Å². The number of aromatic nitrogens is 2. The van der Waals surface area contributed by atoms with Crippen LogP contribution in [0.15, 0.2) is 36.7 Å². The Hall–Kier alpha value is -2.94. The Morgan fingerprint density at radius 3 is 2.41 bits per heavy atom. The third-order valence-corrected chi connectivity index (χ3v) is 8.25. The highest BCUT2D eigenvalue weighted by molar-refractivity contribution is 5.86. The van der Waals surface area contributed by atoms with E-state index in [1.807, 2.05) is 38.1 Å². The topological polar surface area (TPSA) is 87.9 Å². The van der Waals surface area contributed by atoms with Crippen LogP contribution in [0.1, 0.15) is 70.8 Å². The van der Waals surface area contributed by atoms with Crippen molar-refractivity contribution in [2.24, 2.45) is 5.41 Å². The predicted octanol–water partition coefficient (Wildman–Crippen LogP) is 4.26. The lowest BCUT2D eigenvalue weighted by molar-refractivity contribution is -0.152. The lowest BCUT2D eigenvalue weighted by Crippen LogP contribution is -2.64. The number of piperidine rings is 2. The van der Waals surface area contributed by atoms with Gasteiger partial charge in [-0.2, -0.15) is 5.10 Å². The van der Waals surface area contributed by atoms with Crippen molar-refractivity contribution in [2.45, 2.75) is 83.0 Å². The van der Waals surface area contributed by atoms with Gasteiger partial charge < -0.3 is 14.7 Å². The normalized spacial score (nSPS) is 24.1. The van der Waals surface area contributed by atoms with E-state index >= 15 is 0 Å². The summed E-state index contributed by atoms with van der Waals surface area (Å²) in [5, 5.41) is 15.4. The molecule has 37 heavy (non-hydrogen) atoms. The number of amides is 2. The summed E-state index contributed by atoms with van der Waals surface area (Å²) >= 11 is 0. The highest BCUT2D eigenvalue weighted by atomic mass is 19.1. The first-order valence-corrected chi connectivity index (χ1v) is 13.3. The number of carbonyl (C=O) groups is 2. The smallest absolute Gasteiger partial charge is 0.410 e. The number of ether oxygens (including phenoxy) is 1. The van der Waals surface area contributed by atoms with Crippen LogP contribution in [0.3, 0.4) is 0 Å². The maximum absolute atomic E-state index is 13.7. The van der Waals surface area contributed by atoms with Gasteiger partial charge in [-0.1, -0.05) is 6.42 Å². The summed E-state index contributed by atoms with van der Waals surface area (Å²) in [6.07, 6.45) is 7.32. The fourth-order valence-electron chi connectivity index (χ4n) is 5.94. The van der Waals surface area contributed by atoms with Gasteiger partial charge in [0, 0.05) is 37.7 Å². The Labute approximate surface area is 217 Å². The van der Waals surface area contributed by atoms with Crippen LogP contribution in [-0.2, 0) is 9.53 Å². The van der Waals surface area contributed by atoms with E-state index in [1.165, 1.54) is 12.1 Å². The Kier molecular flexibility index (Phi) is 6.77. The van der Waals surface area contributed by atoms with Crippen molar-refractivity contribution in [2.75, 3.05) is 19.6 Å². The van der Waals surface area contributed by atoms with Crippen LogP contribution in [-0.4, -0.2) is 74.1 Å². The summed E-state index contributed by atoms with van der Waals surface area (Å²) in [6, 6.07) is 5.49. The average Bonchev–Trinajstić information content (AvgIpc) is 3.32. The van der Waals surface area contributed by atoms with Crippen molar-refractivity contribution in [3.8, 4) is 5.69 Å². The third-order valence-electron chi connectivity index (χ3n) is 8.25. The molecule has 0 unspecified atom stereocenters. The molecule has 2 atom stereocenters. The minimum Gasteiger partial charge on any atom is -0.444 e. The maximum Gasteiger partial charge on any atom is 0.410 e. The maximum atomic E-state index is 13.7. The molecule has 5 rings (SSSR count). The van der Waals surface area contributed by atoms with E-state index in [-0.39, 0.29) is 29.5 Å². The zero-order chi connectivity index (χ0) is 26.4. The van der Waals surface area contributed by atoms with Gasteiger partial charge in [0.15, 0.2) is 0 Å². The monoisotopic (exact) mass is 512 g/mol. The molecule has 2 aliphatic heterocycles. The van der Waals surface area contributed by atoms with E-state index in [0.717, 1.165) is 43.4 Å². The second-order valence-corrected chi connectivity index (χ2v) is 11.9. The number of rotatable bonds is 3. The Morgan fingerprint density at radius 1 is 1.14 bits per heavy atom. The Bertz CT molecular complexity index is 1130. The number of aliphatic hydroxyl groups is 1. The molecule has 1 spiro atoms. The van der Waals surface area contributed by atoms with Gasteiger partial charge in [0.05, 0.1) is 18.0 Å². The second kappa shape index (κ2) is 9.74. The van der Waals surface area contributed by atoms with Crippen LogP contribution in [0.25, 0.3) is 5.69 Å². The summed E-state index contributed by atoms with van der Waals surface area (Å²) in [5.41, 5.74) is 0.907. The van der Waals surface area contributed by atoms with Gasteiger partial charge in [0.2, 0.25) is 5.91 Å². The fourth-order valence-corrected chi connectivity index (χ4v) is 5.94. The molecule has 1 aliphatic carbocycles. The fraction of sp³-hybridized carbons (Fsp3) is 0.607. The molecule has 3 heterocycles. The highest BCUT2D eigenvalue weighted by Crippen LogP contribution is 2.49. The first kappa shape index (κ1) is 25.7. The van der Waals surface area contributed by atoms with Gasteiger partial charge in [0.1, 0.15) is 17.5 Å². The Balaban J connectivity index is 1.25. The molecule has 2 saturated heterocycles. The molecule has 2 amide bonds. The van der Waals surface area contributed by atoms with Crippen LogP contribution in [0, 0.1) is 11.2 Å². The standard InChI is InChI=1S/C28H37FN4O4/c1-27(2,3)37-26(36)32-18-28(11-4-12-28)24(34)15-23(32)25(35)31-13-9-19(10-14-31)20-16-30-33(17-20)22-7-5-21(29)6-8-22/h5-8,16-17,19,23-24,34H,4,9-15,18H2,1-3H3/t23-,24+/m0/s1. The molecular formula is C28H37FN4O4. The molecule has 3 fully saturated rings. The van der Waals surface area contributed by atoms with E-state index in [1.54, 1.807) is 21.7 Å². The molecular weight excluding hydrogens is 475 g/mol. The summed E-state index contributed by atoms with van der Waals surface area (Å²) in [5.74, 6) is -0.137. The summed E-state index contributed by atoms with van der Waals surface area (Å²) in [6.45, 7) is 6.97. The van der Waals surface area contributed by atoms with Crippen LogP contribution >= 0.6 is 0 Å². The van der Waals surface area contributed by atoms with E-state index in [4.69, 9.17) is 4.74 Å². The second-order valence-electron chi connectivity index (χ2n) is 11.9. The number of halogens is 1. The molecule has 0 radical (unpaired) electrons. The van der Waals surface area contributed by atoms with Crippen molar-refractivity contribution < 1.29 is 23.8 Å². The van der Waals surface area contributed by atoms with Gasteiger partial charge in [0.25, 0.3) is 0 Å². The van der Waals surface area contributed by atoms with Gasteiger partial charge in [-0.15, -0.1) is 0 Å². The number of nitrogens with zero attached hydrogens (tertiary/aromatic N) is 4. The first-order chi connectivity index (χ1) is 17.5. The number of likely N-dealkylation sites (tertiary alicyclic amines) is 2. The highest BCUT2D eigenvalue weighted by Gasteiger charge is 2.53. The van der Waals surface area contributed by atoms with Crippen molar-refractivity contribution in [1.82, 2.24) is 19.6 Å². The van der Waals surface area contributed by atoms with Crippen molar-refractivity contribution in [1.29, 1.82) is 0 Å². The largest absolute Gasteiger partial charge is 0.444 e. The number of carbonyl (C=O) groups excluding carboxylic acids is 2. The SMILES string of the molecule is CC(C)(C)OC(=O)N1CC2(CCC2)[C@H](O)C[C@H]1C(=O)N1CCC(c2cnn(-c3ccc(F)cc3)c2)CC1. The van der Waals surface area contributed by atoms with Gasteiger partial charge >= 0.3 is 6.09 Å². The quantitative estimate of drug-likeness (QED) is 0.664. The van der Waals surface area contributed by atoms with E-state index in [9.17, 15) is 19.1 Å². The minimum absolute atomic E-state index is 0.112. The molecule has 1 saturated carbocycles. The van der Waals surface area contributed by atoms with E-state index in [2.05, 4.69) is 5.10 Å². The molecule has 2 aromatic rings. The zero-order valence-electron chi connectivity index (χ0n) is 21.9. The number of hydrogen-bond donors (Lipinski definition) is 1. The summed E-state index contributed by atoms with van der Waals surface area (Å²) in [7, 11) is 0. The van der Waals surface area contributed by atoms with Gasteiger partial charge in [-0.25, -0.2) is 13.9 Å². The van der Waals surface area contributed by atoms with Crippen LogP contribution in [0.5, 0.6) is 0 Å². The third kappa shape index (κ3) is 5.23. The van der Waals surface area contributed by atoms with E-state index in [0.29, 0.717) is 19.6 Å². The number of hydrogen-bond acceptors (Lipinski definition) is 5. The van der Waals surface area contributed by atoms with Crippen LogP contribution < -0.4 is 0 Å².